The standard InChI is InChI=1S/C10H22N2S/c1-5-9(4)13-8-10(11)12(6-2)7-3/h9,11H,5-8H2,1-4H3. The molecular formula is C10H22N2S. The monoisotopic (exact) mass is 202 g/mol. The van der Waals surface area contributed by atoms with Gasteiger partial charge in [0.15, 0.2) is 0 Å². The fourth-order valence-corrected chi connectivity index (χ4v) is 1.90. The van der Waals surface area contributed by atoms with E-state index in [1.807, 2.05) is 11.8 Å². The summed E-state index contributed by atoms with van der Waals surface area (Å²) in [6.07, 6.45) is 1.19. The summed E-state index contributed by atoms with van der Waals surface area (Å²) in [5, 5.41) is 8.50. The van der Waals surface area contributed by atoms with E-state index in [9.17, 15) is 0 Å². The Morgan fingerprint density at radius 2 is 1.85 bits per heavy atom. The van der Waals surface area contributed by atoms with Gasteiger partial charge in [-0.3, -0.25) is 5.41 Å². The Morgan fingerprint density at radius 3 is 2.23 bits per heavy atom. The van der Waals surface area contributed by atoms with Gasteiger partial charge in [0, 0.05) is 18.3 Å². The Labute approximate surface area is 86.6 Å². The lowest BCUT2D eigenvalue weighted by Crippen LogP contribution is -2.31. The first-order valence-electron chi connectivity index (χ1n) is 5.09. The van der Waals surface area contributed by atoms with Crippen LogP contribution in [-0.2, 0) is 0 Å². The predicted molar refractivity (Wildman–Crippen MR) is 62.9 cm³/mol. The van der Waals surface area contributed by atoms with E-state index in [0.29, 0.717) is 5.25 Å². The fraction of sp³-hybridized carbons (Fsp3) is 0.900. The topological polar surface area (TPSA) is 27.1 Å². The van der Waals surface area contributed by atoms with E-state index in [2.05, 4.69) is 32.6 Å². The number of nitrogens with one attached hydrogen (secondary N) is 1. The van der Waals surface area contributed by atoms with Crippen molar-refractivity contribution in [3.8, 4) is 0 Å². The third-order valence-electron chi connectivity index (χ3n) is 2.22. The molecule has 0 saturated carbocycles. The molecule has 0 aliphatic heterocycles. The molecule has 1 atom stereocenters. The van der Waals surface area contributed by atoms with Crippen LogP contribution in [0.2, 0.25) is 0 Å². The van der Waals surface area contributed by atoms with Gasteiger partial charge in [-0.25, -0.2) is 0 Å². The second-order valence-electron chi connectivity index (χ2n) is 3.15. The first-order valence-corrected chi connectivity index (χ1v) is 6.14. The van der Waals surface area contributed by atoms with E-state index < -0.39 is 0 Å². The number of hydrogen-bond donors (Lipinski definition) is 1. The molecule has 0 saturated heterocycles. The van der Waals surface area contributed by atoms with Gasteiger partial charge in [0.25, 0.3) is 0 Å². The molecule has 1 unspecified atom stereocenters. The smallest absolute Gasteiger partial charge is 0.106 e. The van der Waals surface area contributed by atoms with Crippen LogP contribution in [0.15, 0.2) is 0 Å². The van der Waals surface area contributed by atoms with Gasteiger partial charge in [-0.2, -0.15) is 11.8 Å². The summed E-state index contributed by atoms with van der Waals surface area (Å²) in [6.45, 7) is 10.5. The van der Waals surface area contributed by atoms with Crippen molar-refractivity contribution in [2.24, 2.45) is 0 Å². The summed E-state index contributed by atoms with van der Waals surface area (Å²) in [5.41, 5.74) is 0. The van der Waals surface area contributed by atoms with Crippen molar-refractivity contribution < 1.29 is 0 Å². The minimum atomic E-state index is 0.677. The Hall–Kier alpha value is -0.180. The van der Waals surface area contributed by atoms with Crippen molar-refractivity contribution >= 4 is 17.6 Å². The Kier molecular flexibility index (Phi) is 7.14. The molecule has 78 valence electrons. The van der Waals surface area contributed by atoms with Crippen LogP contribution in [0.3, 0.4) is 0 Å². The van der Waals surface area contributed by atoms with Gasteiger partial charge < -0.3 is 4.90 Å². The third kappa shape index (κ3) is 5.19. The number of rotatable bonds is 6. The van der Waals surface area contributed by atoms with Crippen LogP contribution in [0, 0.1) is 5.41 Å². The molecule has 0 bridgehead atoms. The van der Waals surface area contributed by atoms with Crippen LogP contribution in [0.25, 0.3) is 0 Å². The molecule has 0 rings (SSSR count). The molecule has 3 heteroatoms. The first kappa shape index (κ1) is 12.8. The van der Waals surface area contributed by atoms with Gasteiger partial charge in [0.05, 0.1) is 5.75 Å². The number of amidine groups is 1. The molecule has 0 spiro atoms. The number of thioether (sulfide) groups is 1. The minimum absolute atomic E-state index is 0.677. The van der Waals surface area contributed by atoms with Crippen LogP contribution in [-0.4, -0.2) is 34.8 Å². The van der Waals surface area contributed by atoms with Crippen LogP contribution in [0.4, 0.5) is 0 Å². The Morgan fingerprint density at radius 1 is 1.31 bits per heavy atom. The molecule has 0 aromatic rings. The van der Waals surface area contributed by atoms with Gasteiger partial charge in [0.1, 0.15) is 5.84 Å². The van der Waals surface area contributed by atoms with E-state index in [-0.39, 0.29) is 0 Å². The second-order valence-corrected chi connectivity index (χ2v) is 4.58. The Balaban J connectivity index is 3.72. The highest BCUT2D eigenvalue weighted by Gasteiger charge is 2.07. The molecular weight excluding hydrogens is 180 g/mol. The van der Waals surface area contributed by atoms with Crippen LogP contribution >= 0.6 is 11.8 Å². The third-order valence-corrected chi connectivity index (χ3v) is 3.57. The van der Waals surface area contributed by atoms with E-state index >= 15 is 0 Å². The maximum Gasteiger partial charge on any atom is 0.106 e. The highest BCUT2D eigenvalue weighted by atomic mass is 32.2. The van der Waals surface area contributed by atoms with Gasteiger partial charge in [-0.1, -0.05) is 13.8 Å². The predicted octanol–water partition coefficient (Wildman–Crippen LogP) is 2.84. The van der Waals surface area contributed by atoms with Crippen LogP contribution in [0.5, 0.6) is 0 Å². The van der Waals surface area contributed by atoms with Gasteiger partial charge in [-0.15, -0.1) is 0 Å². The molecule has 0 aliphatic carbocycles. The van der Waals surface area contributed by atoms with E-state index in [1.165, 1.54) is 6.42 Å². The van der Waals surface area contributed by atoms with E-state index in [1.54, 1.807) is 0 Å². The highest BCUT2D eigenvalue weighted by molar-refractivity contribution is 8.00. The normalized spacial score (nSPS) is 12.6. The largest absolute Gasteiger partial charge is 0.360 e. The van der Waals surface area contributed by atoms with Crippen molar-refractivity contribution in [1.29, 1.82) is 5.41 Å². The average Bonchev–Trinajstić information content (AvgIpc) is 2.16. The van der Waals surface area contributed by atoms with Gasteiger partial charge >= 0.3 is 0 Å². The average molecular weight is 202 g/mol. The minimum Gasteiger partial charge on any atom is -0.360 e. The van der Waals surface area contributed by atoms with Crippen molar-refractivity contribution in [3.05, 3.63) is 0 Å². The summed E-state index contributed by atoms with van der Waals surface area (Å²) < 4.78 is 0. The zero-order valence-corrected chi connectivity index (χ0v) is 10.1. The summed E-state index contributed by atoms with van der Waals surface area (Å²) in [5.74, 6) is 1.63. The number of nitrogens with zero attached hydrogens (tertiary/aromatic N) is 1. The van der Waals surface area contributed by atoms with E-state index in [0.717, 1.165) is 24.7 Å². The molecule has 0 radical (unpaired) electrons. The van der Waals surface area contributed by atoms with Crippen molar-refractivity contribution in [1.82, 2.24) is 4.90 Å². The lowest BCUT2D eigenvalue weighted by molar-refractivity contribution is 0.461. The van der Waals surface area contributed by atoms with Crippen molar-refractivity contribution in [3.63, 3.8) is 0 Å². The van der Waals surface area contributed by atoms with Gasteiger partial charge in [-0.05, 0) is 20.3 Å². The van der Waals surface area contributed by atoms with Crippen LogP contribution in [0.1, 0.15) is 34.1 Å². The molecule has 0 aromatic heterocycles. The summed E-state index contributed by atoms with van der Waals surface area (Å²) in [6, 6.07) is 0. The fourth-order valence-electron chi connectivity index (χ4n) is 1.04. The number of hydrogen-bond acceptors (Lipinski definition) is 2. The van der Waals surface area contributed by atoms with E-state index in [4.69, 9.17) is 5.41 Å². The molecule has 0 aliphatic rings. The molecule has 2 nitrogen and oxygen atoms in total. The SMILES string of the molecule is CCC(C)SCC(=N)N(CC)CC. The highest BCUT2D eigenvalue weighted by Crippen LogP contribution is 2.13. The zero-order chi connectivity index (χ0) is 10.3. The molecule has 1 N–H and O–H groups in total. The zero-order valence-electron chi connectivity index (χ0n) is 9.26. The van der Waals surface area contributed by atoms with Gasteiger partial charge in [0.2, 0.25) is 0 Å². The Bertz CT molecular complexity index is 144. The maximum absolute atomic E-state index is 7.82. The molecule has 0 aromatic carbocycles. The lowest BCUT2D eigenvalue weighted by atomic mass is 10.4. The second kappa shape index (κ2) is 7.25. The quantitative estimate of drug-likeness (QED) is 0.529. The first-order chi connectivity index (χ1) is 6.15. The summed E-state index contributed by atoms with van der Waals surface area (Å²) in [4.78, 5) is 2.11. The van der Waals surface area contributed by atoms with Crippen molar-refractivity contribution in [2.45, 2.75) is 39.4 Å². The molecule has 13 heavy (non-hydrogen) atoms. The lowest BCUT2D eigenvalue weighted by Gasteiger charge is -2.22. The van der Waals surface area contributed by atoms with Crippen molar-refractivity contribution in [2.75, 3.05) is 18.8 Å². The summed E-state index contributed by atoms with van der Waals surface area (Å²) >= 11 is 1.88. The summed E-state index contributed by atoms with van der Waals surface area (Å²) in [7, 11) is 0. The van der Waals surface area contributed by atoms with Crippen LogP contribution < -0.4 is 0 Å². The molecule has 0 amide bonds. The molecule has 0 fully saturated rings. The maximum atomic E-state index is 7.82. The molecule has 0 heterocycles.